The first-order valence-electron chi connectivity index (χ1n) is 7.99. The Bertz CT molecular complexity index is 1110. The highest BCUT2D eigenvalue weighted by Crippen LogP contribution is 2.66. The van der Waals surface area contributed by atoms with Crippen LogP contribution in [0.15, 0.2) is 12.7 Å². The van der Waals surface area contributed by atoms with Gasteiger partial charge in [-0.25, -0.2) is 28.6 Å². The number of aromatic nitrogens is 4. The van der Waals surface area contributed by atoms with Crippen molar-refractivity contribution < 1.29 is 56.3 Å². The van der Waals surface area contributed by atoms with Crippen LogP contribution in [0.1, 0.15) is 6.23 Å². The maximum Gasteiger partial charge on any atom is 0.490 e. The second kappa shape index (κ2) is 8.53. The highest BCUT2D eigenvalue weighted by molar-refractivity contribution is 7.66. The van der Waals surface area contributed by atoms with Gasteiger partial charge >= 0.3 is 23.5 Å². The highest BCUT2D eigenvalue weighted by atomic mass is 31.3. The van der Waals surface area contributed by atoms with Crippen LogP contribution in [0.3, 0.4) is 0 Å². The first-order valence-corrected chi connectivity index (χ1v) is 12.5. The number of phosphoric ester groups is 1. The van der Waals surface area contributed by atoms with Crippen LogP contribution in [0.5, 0.6) is 0 Å². The number of ether oxygens (including phenoxy) is 1. The van der Waals surface area contributed by atoms with E-state index in [1.807, 2.05) is 0 Å². The van der Waals surface area contributed by atoms with Gasteiger partial charge < -0.3 is 40.9 Å². The summed E-state index contributed by atoms with van der Waals surface area (Å²) in [6, 6.07) is -1.17. The van der Waals surface area contributed by atoms with E-state index in [1.165, 1.54) is 10.9 Å². The molecule has 21 heteroatoms. The minimum atomic E-state index is -5.67. The van der Waals surface area contributed by atoms with Gasteiger partial charge in [0, 0.05) is 0 Å². The number of fused-ring (bicyclic) bond motifs is 1. The molecule has 3 rings (SSSR count). The number of nitrogens with two attached hydrogens (primary N) is 2. The molecule has 0 radical (unpaired) electrons. The first-order chi connectivity index (χ1) is 14.2. The van der Waals surface area contributed by atoms with E-state index in [1.54, 1.807) is 0 Å². The third kappa shape index (κ3) is 5.71. The van der Waals surface area contributed by atoms with E-state index in [-0.39, 0.29) is 17.0 Å². The number of rotatable bonds is 8. The van der Waals surface area contributed by atoms with Crippen molar-refractivity contribution in [2.24, 2.45) is 5.73 Å². The zero-order valence-electron chi connectivity index (χ0n) is 15.1. The lowest BCUT2D eigenvalue weighted by Gasteiger charge is -2.19. The molecule has 0 bridgehead atoms. The van der Waals surface area contributed by atoms with E-state index >= 15 is 0 Å². The Morgan fingerprint density at radius 2 is 1.77 bits per heavy atom. The van der Waals surface area contributed by atoms with Gasteiger partial charge in [0.25, 0.3) is 0 Å². The number of anilines is 1. The van der Waals surface area contributed by atoms with Gasteiger partial charge in [0.2, 0.25) is 0 Å². The normalized spacial score (nSPS) is 28.5. The van der Waals surface area contributed by atoms with Gasteiger partial charge in [0.05, 0.1) is 19.0 Å². The molecular weight excluding hydrogens is 489 g/mol. The number of imidazole rings is 1. The largest absolute Gasteiger partial charge is 0.490 e. The van der Waals surface area contributed by atoms with Crippen LogP contribution in [-0.2, 0) is 31.6 Å². The van der Waals surface area contributed by atoms with Crippen molar-refractivity contribution in [1.29, 1.82) is 0 Å². The molecule has 18 nitrogen and oxygen atoms in total. The molecule has 9 N–H and O–H groups in total. The lowest BCUT2D eigenvalue weighted by Crippen LogP contribution is -2.41. The maximum atomic E-state index is 11.8. The van der Waals surface area contributed by atoms with Crippen LogP contribution in [0.2, 0.25) is 0 Å². The second-order valence-corrected chi connectivity index (χ2v) is 10.5. The van der Waals surface area contributed by atoms with E-state index in [2.05, 4.69) is 28.1 Å². The Labute approximate surface area is 172 Å². The maximum absolute atomic E-state index is 11.8. The molecule has 1 saturated heterocycles. The van der Waals surface area contributed by atoms with Crippen molar-refractivity contribution in [2.75, 3.05) is 12.3 Å². The SMILES string of the molecule is Nc1ncnc2c1ncn2C1O[C@H](COP(=O)(O)OP(=O)(O)OP(=O)(O)O)C(N)[C@H]1O. The predicted molar refractivity (Wildman–Crippen MR) is 97.4 cm³/mol. The lowest BCUT2D eigenvalue weighted by atomic mass is 10.1. The molecule has 1 aliphatic heterocycles. The predicted octanol–water partition coefficient (Wildman–Crippen LogP) is -1.66. The molecule has 0 aromatic carbocycles. The molecule has 31 heavy (non-hydrogen) atoms. The molecule has 2 aromatic rings. The second-order valence-electron chi connectivity index (χ2n) is 6.10. The average molecular weight is 506 g/mol. The third-order valence-corrected chi connectivity index (χ3v) is 7.71. The molecule has 2 aromatic heterocycles. The Kier molecular flexibility index (Phi) is 6.68. The van der Waals surface area contributed by atoms with Gasteiger partial charge in [-0.15, -0.1) is 0 Å². The number of nitrogens with zero attached hydrogens (tertiary/aromatic N) is 4. The van der Waals surface area contributed by atoms with Crippen molar-refractivity contribution in [2.45, 2.75) is 24.5 Å². The molecule has 1 fully saturated rings. The number of hydrogen-bond acceptors (Lipinski definition) is 13. The lowest BCUT2D eigenvalue weighted by molar-refractivity contribution is -0.0482. The number of hydrogen-bond donors (Lipinski definition) is 7. The van der Waals surface area contributed by atoms with Crippen LogP contribution in [-0.4, -0.2) is 69.1 Å². The first kappa shape index (κ1) is 24.3. The summed E-state index contributed by atoms with van der Waals surface area (Å²) in [5.41, 5.74) is 12.0. The summed E-state index contributed by atoms with van der Waals surface area (Å²) in [5.74, 6) is 0.0738. The van der Waals surface area contributed by atoms with Crippen LogP contribution in [0.4, 0.5) is 5.82 Å². The molecule has 0 spiro atoms. The van der Waals surface area contributed by atoms with E-state index in [0.717, 1.165) is 6.33 Å². The molecule has 1 aliphatic rings. The molecule has 4 unspecified atom stereocenters. The number of phosphoric acid groups is 3. The topological polar surface area (TPSA) is 285 Å². The van der Waals surface area contributed by atoms with Gasteiger partial charge in [0.15, 0.2) is 17.7 Å². The molecule has 174 valence electrons. The zero-order chi connectivity index (χ0) is 23.2. The summed E-state index contributed by atoms with van der Waals surface area (Å²) in [6.07, 6.45) is -1.36. The van der Waals surface area contributed by atoms with Crippen molar-refractivity contribution in [3.05, 3.63) is 12.7 Å². The van der Waals surface area contributed by atoms with Crippen molar-refractivity contribution in [3.63, 3.8) is 0 Å². The summed E-state index contributed by atoms with van der Waals surface area (Å²) >= 11 is 0. The summed E-state index contributed by atoms with van der Waals surface area (Å²) < 4.78 is 52.3. The summed E-state index contributed by atoms with van der Waals surface area (Å²) in [6.45, 7) is -0.831. The monoisotopic (exact) mass is 506 g/mol. The minimum Gasteiger partial charge on any atom is -0.387 e. The quantitative estimate of drug-likeness (QED) is 0.197. The van der Waals surface area contributed by atoms with Gasteiger partial charge in [-0.1, -0.05) is 0 Å². The molecule has 0 aliphatic carbocycles. The molecule has 0 amide bonds. The summed E-state index contributed by atoms with van der Waals surface area (Å²) in [4.78, 5) is 47.4. The fourth-order valence-electron chi connectivity index (χ4n) is 2.67. The third-order valence-electron chi connectivity index (χ3n) is 3.91. The number of aliphatic hydroxyl groups is 1. The van der Waals surface area contributed by atoms with E-state index in [4.69, 9.17) is 30.9 Å². The summed E-state index contributed by atoms with van der Waals surface area (Å²) in [7, 11) is -16.6. The van der Waals surface area contributed by atoms with Gasteiger partial charge in [0.1, 0.15) is 24.1 Å². The van der Waals surface area contributed by atoms with E-state index in [0.29, 0.717) is 0 Å². The van der Waals surface area contributed by atoms with E-state index < -0.39 is 54.6 Å². The summed E-state index contributed by atoms with van der Waals surface area (Å²) in [5, 5.41) is 10.4. The van der Waals surface area contributed by atoms with Crippen LogP contribution < -0.4 is 11.5 Å². The van der Waals surface area contributed by atoms with Gasteiger partial charge in [-0.2, -0.15) is 8.62 Å². The van der Waals surface area contributed by atoms with E-state index in [9.17, 15) is 23.7 Å². The van der Waals surface area contributed by atoms with Crippen molar-refractivity contribution in [1.82, 2.24) is 19.5 Å². The standard InChI is InChI=1S/C10H17N6O12P3/c11-5-4(1-25-30(21,22)28-31(23,24)27-29(18,19)20)26-10(7(5)17)16-3-15-6-8(12)13-2-14-9(6)16/h2-5,7,10,17H,1,11H2,(H,21,22)(H,23,24)(H2,12,13,14)(H2,18,19,20)/t4-,5?,7-,10?/m1/s1. The Morgan fingerprint density at radius 1 is 1.10 bits per heavy atom. The number of aliphatic hydroxyl groups excluding tert-OH is 1. The van der Waals surface area contributed by atoms with Crippen molar-refractivity contribution in [3.8, 4) is 0 Å². The Hall–Kier alpha value is -1.36. The smallest absolute Gasteiger partial charge is 0.387 e. The molecule has 6 atom stereocenters. The van der Waals surface area contributed by atoms with Crippen LogP contribution in [0.25, 0.3) is 11.2 Å². The molecular formula is C10H17N6O12P3. The van der Waals surface area contributed by atoms with Crippen molar-refractivity contribution >= 4 is 40.4 Å². The Balaban J connectivity index is 1.69. The van der Waals surface area contributed by atoms with Gasteiger partial charge in [-0.05, 0) is 0 Å². The van der Waals surface area contributed by atoms with Crippen LogP contribution in [0, 0.1) is 0 Å². The highest BCUT2D eigenvalue weighted by Gasteiger charge is 2.46. The minimum absolute atomic E-state index is 0.0738. The molecule has 0 saturated carbocycles. The fourth-order valence-corrected chi connectivity index (χ4v) is 5.70. The molecule has 3 heterocycles. The average Bonchev–Trinajstić information content (AvgIpc) is 3.13. The zero-order valence-corrected chi connectivity index (χ0v) is 17.7. The Morgan fingerprint density at radius 3 is 2.42 bits per heavy atom. The van der Waals surface area contributed by atoms with Gasteiger partial charge in [-0.3, -0.25) is 9.09 Å². The van der Waals surface area contributed by atoms with Crippen LogP contribution >= 0.6 is 23.5 Å². The number of nitrogen functional groups attached to an aromatic ring is 1. The fraction of sp³-hybridized carbons (Fsp3) is 0.500.